The number of carbonyl (C=O) groups is 8. The fourth-order valence-electron chi connectivity index (χ4n) is 10.1. The summed E-state index contributed by atoms with van der Waals surface area (Å²) in [4.78, 5) is 106. The molecular weight excluding hydrogens is 987 g/mol. The van der Waals surface area contributed by atoms with Crippen molar-refractivity contribution in [3.63, 3.8) is 0 Å². The van der Waals surface area contributed by atoms with Crippen LogP contribution in [0, 0.1) is 35.5 Å². The van der Waals surface area contributed by atoms with Crippen LogP contribution in [0.4, 0.5) is 0 Å². The van der Waals surface area contributed by atoms with Crippen molar-refractivity contribution in [1.29, 1.82) is 0 Å². The smallest absolute Gasteiger partial charge is 0.330 e. The first-order chi connectivity index (χ1) is 36.4. The number of aromatic nitrogens is 1. The molecule has 17 nitrogen and oxygen atoms in total. The zero-order chi connectivity index (χ0) is 53.1. The summed E-state index contributed by atoms with van der Waals surface area (Å²) in [5.41, 5.74) is 1.27. The topological polar surface area (TPSA) is 223 Å². The Labute approximate surface area is 441 Å². The second-order valence-electron chi connectivity index (χ2n) is 19.9. The molecule has 3 aromatic rings. The molecular formula is C57H69NO16S. The lowest BCUT2D eigenvalue weighted by molar-refractivity contribution is -0.161. The minimum atomic E-state index is -0.484. The number of fused-ring (bicyclic) bond motifs is 1. The van der Waals surface area contributed by atoms with E-state index in [4.69, 9.17) is 42.9 Å². The molecule has 0 amide bonds. The first kappa shape index (κ1) is 56.3. The molecule has 0 aliphatic heterocycles. The van der Waals surface area contributed by atoms with Crippen molar-refractivity contribution >= 4 is 69.3 Å². The highest BCUT2D eigenvalue weighted by Crippen LogP contribution is 2.41. The number of ether oxygens (including phenoxy) is 8. The molecule has 0 atom stereocenters. The average molecular weight is 1060 g/mol. The van der Waals surface area contributed by atoms with Crippen LogP contribution in [0.2, 0.25) is 0 Å². The van der Waals surface area contributed by atoms with E-state index >= 15 is 0 Å². The molecule has 1 heterocycles. The highest BCUT2D eigenvalue weighted by Gasteiger charge is 2.37. The Balaban J connectivity index is 0.831. The van der Waals surface area contributed by atoms with Crippen molar-refractivity contribution in [2.45, 2.75) is 141 Å². The van der Waals surface area contributed by atoms with E-state index in [0.29, 0.717) is 139 Å². The predicted octanol–water partition coefficient (Wildman–Crippen LogP) is 9.70. The van der Waals surface area contributed by atoms with Gasteiger partial charge >= 0.3 is 47.8 Å². The summed E-state index contributed by atoms with van der Waals surface area (Å²) in [5.74, 6) is -4.41. The van der Waals surface area contributed by atoms with Gasteiger partial charge in [-0.3, -0.25) is 28.8 Å². The molecule has 75 heavy (non-hydrogen) atoms. The van der Waals surface area contributed by atoms with Crippen LogP contribution in [0.1, 0.15) is 128 Å². The first-order valence-electron chi connectivity index (χ1n) is 26.6. The molecule has 4 fully saturated rings. The summed E-state index contributed by atoms with van der Waals surface area (Å²) >= 11 is 1.42. The van der Waals surface area contributed by atoms with E-state index in [1.165, 1.54) is 11.3 Å². The Morgan fingerprint density at radius 1 is 0.480 bits per heavy atom. The number of unbranched alkanes of at least 4 members (excludes halogenated alkanes) is 2. The molecule has 0 spiro atoms. The van der Waals surface area contributed by atoms with Gasteiger partial charge in [-0.25, -0.2) is 14.6 Å². The lowest BCUT2D eigenvalue weighted by atomic mass is 9.82. The Morgan fingerprint density at radius 2 is 0.880 bits per heavy atom. The molecule has 0 bridgehead atoms. The monoisotopic (exact) mass is 1060 g/mol. The third kappa shape index (κ3) is 16.8. The SMILES string of the molecule is C=CC(=O)OCCCCOC(=O)[C@H]1CC[C@H](OC(=O)[C@H]2CC[C@H](C(=O)Oc3ccc(OC(=O)[C@H]4CC[C@H](C(=O)O[C@H]5CC[C@H](C(=O)OCCCCOC(=O)C=C)CC5)CC4)c(-c4nc5ccccc5s4)c3)CC2)CC1. The van der Waals surface area contributed by atoms with Gasteiger partial charge in [-0.2, -0.15) is 0 Å². The third-order valence-corrected chi connectivity index (χ3v) is 15.7. The van der Waals surface area contributed by atoms with Crippen molar-refractivity contribution in [1.82, 2.24) is 4.98 Å². The number of rotatable bonds is 23. The summed E-state index contributed by atoms with van der Waals surface area (Å²) < 4.78 is 45.5. The number of para-hydroxylation sites is 1. The lowest BCUT2D eigenvalue weighted by Crippen LogP contribution is -2.33. The Kier molecular flexibility index (Phi) is 21.4. The molecule has 4 aliphatic rings. The van der Waals surface area contributed by atoms with E-state index in [0.717, 1.165) is 22.4 Å². The quantitative estimate of drug-likeness (QED) is 0.0283. The summed E-state index contributed by atoms with van der Waals surface area (Å²) in [7, 11) is 0. The molecule has 404 valence electrons. The lowest BCUT2D eigenvalue weighted by Gasteiger charge is -2.30. The standard InChI is InChI=1S/C57H69NO16S/c1-3-49(59)67-31-7-9-33-69-52(61)36-21-25-42(26-22-36)71-54(63)38-13-15-40(16-14-38)56(65)73-44-29-30-47(45(35-44)51-58-46-11-5-6-12-48(46)75-51)74-57(66)41-19-17-39(18-20-41)55(64)72-43-27-23-37(24-28-43)53(62)70-34-10-8-32-68-50(60)4-2/h3-6,11-12,29-30,35-43H,1-2,7-10,13-28,31-34H2/t36-,37-,38-,39-,40-,41-,42-,43-. The summed E-state index contributed by atoms with van der Waals surface area (Å²) in [5, 5.41) is 0.583. The third-order valence-electron chi connectivity index (χ3n) is 14.7. The number of esters is 8. The van der Waals surface area contributed by atoms with Crippen molar-refractivity contribution in [2.75, 3.05) is 26.4 Å². The predicted molar refractivity (Wildman–Crippen MR) is 274 cm³/mol. The van der Waals surface area contributed by atoms with Gasteiger partial charge in [0.1, 0.15) is 28.7 Å². The van der Waals surface area contributed by atoms with Gasteiger partial charge < -0.3 is 37.9 Å². The minimum Gasteiger partial charge on any atom is -0.465 e. The van der Waals surface area contributed by atoms with Crippen LogP contribution in [-0.4, -0.2) is 91.4 Å². The number of hydrogen-bond acceptors (Lipinski definition) is 18. The Hall–Kier alpha value is -6.43. The van der Waals surface area contributed by atoms with Gasteiger partial charge in [0.05, 0.1) is 77.7 Å². The van der Waals surface area contributed by atoms with E-state index in [1.807, 2.05) is 24.3 Å². The normalized spacial score (nSPS) is 23.6. The van der Waals surface area contributed by atoms with E-state index in [1.54, 1.807) is 18.2 Å². The van der Waals surface area contributed by atoms with Crippen LogP contribution in [-0.2, 0) is 66.8 Å². The highest BCUT2D eigenvalue weighted by molar-refractivity contribution is 7.21. The van der Waals surface area contributed by atoms with Crippen molar-refractivity contribution in [3.05, 3.63) is 67.8 Å². The molecule has 1 aromatic heterocycles. The van der Waals surface area contributed by atoms with E-state index in [2.05, 4.69) is 13.2 Å². The number of hydrogen-bond donors (Lipinski definition) is 0. The summed E-state index contributed by atoms with van der Waals surface area (Å²) in [6.45, 7) is 7.67. The molecule has 18 heteroatoms. The van der Waals surface area contributed by atoms with Gasteiger partial charge in [0.25, 0.3) is 0 Å². The number of benzene rings is 2. The molecule has 0 N–H and O–H groups in total. The van der Waals surface area contributed by atoms with Gasteiger partial charge in [-0.05, 0) is 159 Å². The molecule has 2 aromatic carbocycles. The number of nitrogens with zero attached hydrogens (tertiary/aromatic N) is 1. The fourth-order valence-corrected chi connectivity index (χ4v) is 11.1. The first-order valence-corrected chi connectivity index (χ1v) is 27.4. The number of thiazole rings is 1. The van der Waals surface area contributed by atoms with E-state index < -0.39 is 35.7 Å². The largest absolute Gasteiger partial charge is 0.465 e. The maximum absolute atomic E-state index is 13.8. The maximum Gasteiger partial charge on any atom is 0.330 e. The minimum absolute atomic E-state index is 0.238. The maximum atomic E-state index is 13.8. The molecule has 0 unspecified atom stereocenters. The van der Waals surface area contributed by atoms with Gasteiger partial charge in [0.15, 0.2) is 0 Å². The second kappa shape index (κ2) is 28.5. The second-order valence-corrected chi connectivity index (χ2v) is 20.9. The van der Waals surface area contributed by atoms with E-state index in [-0.39, 0.29) is 97.7 Å². The van der Waals surface area contributed by atoms with Crippen LogP contribution in [0.15, 0.2) is 67.8 Å². The summed E-state index contributed by atoms with van der Waals surface area (Å²) in [6.07, 6.45) is 12.2. The molecule has 0 radical (unpaired) electrons. The van der Waals surface area contributed by atoms with Crippen LogP contribution in [0.25, 0.3) is 20.8 Å². The van der Waals surface area contributed by atoms with Crippen LogP contribution < -0.4 is 9.47 Å². The molecule has 4 aliphatic carbocycles. The zero-order valence-electron chi connectivity index (χ0n) is 42.6. The molecule has 0 saturated heterocycles. The molecule has 4 saturated carbocycles. The molecule has 7 rings (SSSR count). The van der Waals surface area contributed by atoms with Crippen LogP contribution in [0.3, 0.4) is 0 Å². The zero-order valence-corrected chi connectivity index (χ0v) is 43.4. The average Bonchev–Trinajstić information content (AvgIpc) is 3.88. The highest BCUT2D eigenvalue weighted by atomic mass is 32.1. The summed E-state index contributed by atoms with van der Waals surface area (Å²) in [6, 6.07) is 12.5. The Morgan fingerprint density at radius 3 is 1.33 bits per heavy atom. The van der Waals surface area contributed by atoms with Crippen LogP contribution >= 0.6 is 11.3 Å². The van der Waals surface area contributed by atoms with Crippen LogP contribution in [0.5, 0.6) is 11.5 Å². The van der Waals surface area contributed by atoms with Gasteiger partial charge in [0, 0.05) is 12.2 Å². The van der Waals surface area contributed by atoms with Gasteiger partial charge in [-0.15, -0.1) is 11.3 Å². The van der Waals surface area contributed by atoms with Gasteiger partial charge in [-0.1, -0.05) is 25.3 Å². The van der Waals surface area contributed by atoms with Crippen molar-refractivity contribution in [3.8, 4) is 22.1 Å². The fraction of sp³-hybridized carbons (Fsp3) is 0.561. The number of carbonyl (C=O) groups excluding carboxylic acids is 8. The van der Waals surface area contributed by atoms with Gasteiger partial charge in [0.2, 0.25) is 0 Å². The van der Waals surface area contributed by atoms with E-state index in [9.17, 15) is 38.4 Å². The van der Waals surface area contributed by atoms with Crippen molar-refractivity contribution < 1.29 is 76.3 Å². The Bertz CT molecular complexity index is 2450. The van der Waals surface area contributed by atoms with Crippen molar-refractivity contribution in [2.24, 2.45) is 35.5 Å².